The Labute approximate surface area is 162 Å². The Kier molecular flexibility index (Phi) is 3.38. The molecule has 3 aromatic rings. The molecule has 1 fully saturated rings. The van der Waals surface area contributed by atoms with Crippen LogP contribution in [0.15, 0.2) is 35.7 Å². The molecule has 0 aliphatic heterocycles. The van der Waals surface area contributed by atoms with E-state index in [1.54, 1.807) is 11.3 Å². The summed E-state index contributed by atoms with van der Waals surface area (Å²) in [4.78, 5) is 4.79. The van der Waals surface area contributed by atoms with Gasteiger partial charge in [0.05, 0.1) is 5.69 Å². The average molecular weight is 382 g/mol. The van der Waals surface area contributed by atoms with Crippen molar-refractivity contribution in [1.82, 2.24) is 15.2 Å². The molecule has 2 unspecified atom stereocenters. The van der Waals surface area contributed by atoms with Crippen molar-refractivity contribution in [2.45, 2.75) is 44.9 Å². The first-order chi connectivity index (χ1) is 12.4. The average Bonchev–Trinajstić information content (AvgIpc) is 3.23. The second kappa shape index (κ2) is 5.37. The smallest absolute Gasteiger partial charge is 0.124 e. The molecule has 0 saturated heterocycles. The van der Waals surface area contributed by atoms with Gasteiger partial charge in [-0.05, 0) is 47.9 Å². The summed E-state index contributed by atoms with van der Waals surface area (Å²) >= 11 is 7.73. The number of hydrogen-bond donors (Lipinski definition) is 0. The van der Waals surface area contributed by atoms with Crippen LogP contribution >= 0.6 is 22.9 Å². The van der Waals surface area contributed by atoms with Gasteiger partial charge in [0.2, 0.25) is 0 Å². The molecule has 2 aliphatic rings. The second-order valence-corrected chi connectivity index (χ2v) is 9.52. The molecule has 1 saturated carbocycles. The molecule has 2 aromatic heterocycles. The van der Waals surface area contributed by atoms with Gasteiger partial charge in [0.15, 0.2) is 0 Å². The highest BCUT2D eigenvalue weighted by Crippen LogP contribution is 2.67. The van der Waals surface area contributed by atoms with Crippen molar-refractivity contribution in [3.05, 3.63) is 52.0 Å². The Bertz CT molecular complexity index is 1030. The highest BCUT2D eigenvalue weighted by Gasteiger charge is 2.60. The molecule has 1 aromatic carbocycles. The van der Waals surface area contributed by atoms with Crippen molar-refractivity contribution in [3.63, 3.8) is 0 Å². The lowest BCUT2D eigenvalue weighted by molar-refractivity contribution is 0.226. The number of thiazole rings is 1. The maximum absolute atomic E-state index is 6.11. The highest BCUT2D eigenvalue weighted by molar-refractivity contribution is 7.13. The van der Waals surface area contributed by atoms with E-state index in [1.165, 1.54) is 24.1 Å². The summed E-state index contributed by atoms with van der Waals surface area (Å²) in [7, 11) is 0. The molecule has 0 N–H and O–H groups in total. The van der Waals surface area contributed by atoms with Crippen molar-refractivity contribution in [1.29, 1.82) is 0 Å². The van der Waals surface area contributed by atoms with Crippen LogP contribution in [0.1, 0.15) is 50.8 Å². The molecule has 26 heavy (non-hydrogen) atoms. The molecular weight excluding hydrogens is 362 g/mol. The summed E-state index contributed by atoms with van der Waals surface area (Å²) in [6, 6.07) is 10.0. The Morgan fingerprint density at radius 1 is 1.12 bits per heavy atom. The number of fused-ring (bicyclic) bond motifs is 5. The van der Waals surface area contributed by atoms with Crippen LogP contribution in [0.3, 0.4) is 0 Å². The molecule has 2 heterocycles. The third kappa shape index (κ3) is 2.09. The van der Waals surface area contributed by atoms with E-state index < -0.39 is 0 Å². The van der Waals surface area contributed by atoms with Crippen molar-refractivity contribution in [2.24, 2.45) is 5.41 Å². The number of nitrogens with zero attached hydrogens (tertiary/aromatic N) is 3. The monoisotopic (exact) mass is 381 g/mol. The van der Waals surface area contributed by atoms with Gasteiger partial charge >= 0.3 is 0 Å². The Morgan fingerprint density at radius 2 is 1.96 bits per heavy atom. The van der Waals surface area contributed by atoms with E-state index >= 15 is 0 Å². The molecule has 2 bridgehead atoms. The first-order valence-corrected chi connectivity index (χ1v) is 10.3. The van der Waals surface area contributed by atoms with Gasteiger partial charge in [0.1, 0.15) is 16.4 Å². The number of hydrogen-bond acceptors (Lipinski definition) is 4. The molecule has 2 atom stereocenters. The zero-order valence-corrected chi connectivity index (χ0v) is 16.7. The molecule has 0 amide bonds. The maximum atomic E-state index is 6.11. The largest absolute Gasteiger partial charge is 0.234 e. The van der Waals surface area contributed by atoms with Crippen LogP contribution in [0.5, 0.6) is 0 Å². The molecule has 2 aliphatic carbocycles. The second-order valence-electron chi connectivity index (χ2n) is 8.23. The lowest BCUT2D eigenvalue weighted by Gasteiger charge is -2.33. The van der Waals surface area contributed by atoms with Crippen LogP contribution in [0.2, 0.25) is 5.02 Å². The van der Waals surface area contributed by atoms with Gasteiger partial charge in [0, 0.05) is 21.4 Å². The maximum Gasteiger partial charge on any atom is 0.124 e. The van der Waals surface area contributed by atoms with Crippen LogP contribution in [-0.4, -0.2) is 15.2 Å². The minimum Gasteiger partial charge on any atom is -0.234 e. The van der Waals surface area contributed by atoms with Crippen LogP contribution < -0.4 is 0 Å². The zero-order valence-electron chi connectivity index (χ0n) is 15.1. The van der Waals surface area contributed by atoms with Gasteiger partial charge in [-0.2, -0.15) is 5.10 Å². The van der Waals surface area contributed by atoms with E-state index in [2.05, 4.69) is 42.4 Å². The van der Waals surface area contributed by atoms with Crippen LogP contribution in [-0.2, 0) is 5.41 Å². The SMILES string of the molecule is CC12CCC(c3cc(-c4csc(-c5cccc(Cl)c5)n4)nnc31)C2(C)C. The molecular formula is C21H20ClN3S. The van der Waals surface area contributed by atoms with Crippen molar-refractivity contribution >= 4 is 22.9 Å². The lowest BCUT2D eigenvalue weighted by atomic mass is 9.70. The van der Waals surface area contributed by atoms with Crippen LogP contribution in [0.4, 0.5) is 0 Å². The van der Waals surface area contributed by atoms with Crippen molar-refractivity contribution in [2.75, 3.05) is 0 Å². The Balaban J connectivity index is 1.55. The van der Waals surface area contributed by atoms with E-state index in [0.717, 1.165) is 27.0 Å². The van der Waals surface area contributed by atoms with Gasteiger partial charge in [-0.25, -0.2) is 4.98 Å². The predicted molar refractivity (Wildman–Crippen MR) is 107 cm³/mol. The molecule has 0 radical (unpaired) electrons. The normalized spacial score (nSPS) is 25.5. The summed E-state index contributed by atoms with van der Waals surface area (Å²) in [5.74, 6) is 0.572. The third-order valence-electron chi connectivity index (χ3n) is 6.79. The van der Waals surface area contributed by atoms with E-state index in [4.69, 9.17) is 16.6 Å². The van der Waals surface area contributed by atoms with E-state index in [0.29, 0.717) is 5.92 Å². The molecule has 3 nitrogen and oxygen atoms in total. The van der Waals surface area contributed by atoms with Gasteiger partial charge in [-0.1, -0.05) is 44.5 Å². The first-order valence-electron chi connectivity index (χ1n) is 9.00. The number of benzene rings is 1. The fourth-order valence-electron chi connectivity index (χ4n) is 4.84. The van der Waals surface area contributed by atoms with E-state index in [-0.39, 0.29) is 10.8 Å². The molecule has 5 rings (SSSR count). The predicted octanol–water partition coefficient (Wildman–Crippen LogP) is 6.10. The van der Waals surface area contributed by atoms with Gasteiger partial charge < -0.3 is 0 Å². The molecule has 5 heteroatoms. The summed E-state index contributed by atoms with van der Waals surface area (Å²) in [6.45, 7) is 7.12. The zero-order chi connectivity index (χ0) is 18.1. The summed E-state index contributed by atoms with van der Waals surface area (Å²) < 4.78 is 0. The van der Waals surface area contributed by atoms with Gasteiger partial charge in [-0.3, -0.25) is 0 Å². The standard InChI is InChI=1S/C21H20ClN3S/c1-20(2)15-7-8-21(20,3)18-14(15)10-16(24-25-18)17-11-26-19(23-17)12-5-4-6-13(22)9-12/h4-6,9-11,15H,7-8H2,1-3H3. The third-order valence-corrected chi connectivity index (χ3v) is 7.91. The number of rotatable bonds is 2. The van der Waals surface area contributed by atoms with Crippen LogP contribution in [0.25, 0.3) is 22.0 Å². The number of aromatic nitrogens is 3. The van der Waals surface area contributed by atoms with Gasteiger partial charge in [0.25, 0.3) is 0 Å². The topological polar surface area (TPSA) is 38.7 Å². The molecule has 0 spiro atoms. The first kappa shape index (κ1) is 16.4. The van der Waals surface area contributed by atoms with Crippen molar-refractivity contribution < 1.29 is 0 Å². The van der Waals surface area contributed by atoms with Crippen molar-refractivity contribution in [3.8, 4) is 22.0 Å². The Hall–Kier alpha value is -1.78. The fraction of sp³-hybridized carbons (Fsp3) is 0.381. The number of halogens is 1. The minimum absolute atomic E-state index is 0.145. The lowest BCUT2D eigenvalue weighted by Crippen LogP contribution is -2.32. The quantitative estimate of drug-likeness (QED) is 0.538. The van der Waals surface area contributed by atoms with E-state index in [9.17, 15) is 0 Å². The summed E-state index contributed by atoms with van der Waals surface area (Å²) in [6.07, 6.45) is 2.45. The summed E-state index contributed by atoms with van der Waals surface area (Å²) in [5, 5.41) is 13.0. The highest BCUT2D eigenvalue weighted by atomic mass is 35.5. The minimum atomic E-state index is 0.145. The summed E-state index contributed by atoms with van der Waals surface area (Å²) in [5.41, 5.74) is 5.78. The molecule has 132 valence electrons. The fourth-order valence-corrected chi connectivity index (χ4v) is 5.84. The van der Waals surface area contributed by atoms with Gasteiger partial charge in [-0.15, -0.1) is 16.4 Å². The Morgan fingerprint density at radius 3 is 2.77 bits per heavy atom. The van der Waals surface area contributed by atoms with E-state index in [1.807, 2.05) is 24.3 Å². The van der Waals surface area contributed by atoms with Crippen LogP contribution in [0, 0.1) is 5.41 Å².